The maximum atomic E-state index is 12.8. The second kappa shape index (κ2) is 7.08. The van der Waals surface area contributed by atoms with E-state index in [0.29, 0.717) is 5.92 Å². The second-order valence-corrected chi connectivity index (χ2v) is 6.36. The number of nitrogens with one attached hydrogen (secondary N) is 1. The lowest BCUT2D eigenvalue weighted by atomic mass is 9.89. The summed E-state index contributed by atoms with van der Waals surface area (Å²) in [7, 11) is 0. The van der Waals surface area contributed by atoms with Crippen LogP contribution in [0.4, 0.5) is 5.69 Å². The van der Waals surface area contributed by atoms with Crippen LogP contribution in [0.15, 0.2) is 18.2 Å². The summed E-state index contributed by atoms with van der Waals surface area (Å²) < 4.78 is 0. The smallest absolute Gasteiger partial charge is 0.242 e. The minimum Gasteiger partial charge on any atom is -0.324 e. The third-order valence-electron chi connectivity index (χ3n) is 4.55. The van der Waals surface area contributed by atoms with Crippen LogP contribution in [-0.2, 0) is 4.79 Å². The number of carbonyl (C=O) groups is 1. The van der Waals surface area contributed by atoms with Crippen molar-refractivity contribution in [1.29, 1.82) is 0 Å². The molecule has 1 fully saturated rings. The number of aryl methyl sites for hydroxylation is 2. The molecule has 2 atom stereocenters. The highest BCUT2D eigenvalue weighted by atomic mass is 16.2. The lowest BCUT2D eigenvalue weighted by Crippen LogP contribution is -2.51. The molecule has 0 spiro atoms. The quantitative estimate of drug-likeness (QED) is 0.915. The number of carbonyl (C=O) groups excluding carboxylic acids is 1. The highest BCUT2D eigenvalue weighted by Gasteiger charge is 2.33. The van der Waals surface area contributed by atoms with Crippen molar-refractivity contribution < 1.29 is 4.79 Å². The summed E-state index contributed by atoms with van der Waals surface area (Å²) in [5.74, 6) is 0.586. The number of hydrogen-bond acceptors (Lipinski definition) is 2. The van der Waals surface area contributed by atoms with E-state index in [-0.39, 0.29) is 11.9 Å². The first-order valence-electron chi connectivity index (χ1n) is 8.15. The van der Waals surface area contributed by atoms with Gasteiger partial charge in [-0.1, -0.05) is 32.0 Å². The zero-order valence-electron chi connectivity index (χ0n) is 13.8. The monoisotopic (exact) mass is 288 g/mol. The van der Waals surface area contributed by atoms with Gasteiger partial charge in [-0.2, -0.15) is 0 Å². The van der Waals surface area contributed by atoms with E-state index in [0.717, 1.165) is 42.7 Å². The van der Waals surface area contributed by atoms with E-state index in [9.17, 15) is 4.79 Å². The first-order chi connectivity index (χ1) is 10.0. The predicted molar refractivity (Wildman–Crippen MR) is 88.6 cm³/mol. The minimum atomic E-state index is 0.0118. The fraction of sp³-hybridized carbons (Fsp3) is 0.611. The maximum absolute atomic E-state index is 12.8. The van der Waals surface area contributed by atoms with Gasteiger partial charge in [0, 0.05) is 5.69 Å². The Morgan fingerprint density at radius 2 is 2.00 bits per heavy atom. The summed E-state index contributed by atoms with van der Waals surface area (Å²) in [6, 6.07) is 6.15. The number of amides is 1. The first kappa shape index (κ1) is 16.0. The third kappa shape index (κ3) is 3.65. The molecule has 116 valence electrons. The van der Waals surface area contributed by atoms with Gasteiger partial charge in [0.1, 0.15) is 0 Å². The van der Waals surface area contributed by atoms with Gasteiger partial charge in [0.2, 0.25) is 5.91 Å². The van der Waals surface area contributed by atoms with E-state index < -0.39 is 0 Å². The Labute approximate surface area is 128 Å². The van der Waals surface area contributed by atoms with Crippen LogP contribution in [0.2, 0.25) is 0 Å². The van der Waals surface area contributed by atoms with Crippen LogP contribution in [0.1, 0.15) is 44.2 Å². The molecule has 0 radical (unpaired) electrons. The number of para-hydroxylation sites is 1. The van der Waals surface area contributed by atoms with Gasteiger partial charge in [-0.05, 0) is 63.2 Å². The van der Waals surface area contributed by atoms with Gasteiger partial charge in [0.05, 0.1) is 6.04 Å². The average molecular weight is 288 g/mol. The third-order valence-corrected chi connectivity index (χ3v) is 4.55. The second-order valence-electron chi connectivity index (χ2n) is 6.36. The molecule has 1 aromatic carbocycles. The molecule has 0 saturated carbocycles. The molecule has 1 aliphatic rings. The normalized spacial score (nSPS) is 23.0. The van der Waals surface area contributed by atoms with Crippen molar-refractivity contribution in [2.24, 2.45) is 5.92 Å². The van der Waals surface area contributed by atoms with Crippen LogP contribution in [0.3, 0.4) is 0 Å². The van der Waals surface area contributed by atoms with Gasteiger partial charge in [0.25, 0.3) is 0 Å². The Morgan fingerprint density at radius 1 is 1.33 bits per heavy atom. The van der Waals surface area contributed by atoms with Gasteiger partial charge in [-0.25, -0.2) is 0 Å². The van der Waals surface area contributed by atoms with Crippen molar-refractivity contribution >= 4 is 11.6 Å². The van der Waals surface area contributed by atoms with Crippen molar-refractivity contribution in [2.45, 2.75) is 53.0 Å². The molecule has 1 aliphatic heterocycles. The largest absolute Gasteiger partial charge is 0.324 e. The Balaban J connectivity index is 2.17. The molecule has 2 unspecified atom stereocenters. The summed E-state index contributed by atoms with van der Waals surface area (Å²) in [5.41, 5.74) is 3.25. The standard InChI is InChI=1S/C18H28N2O/c1-5-11-20-12-7-10-15(4)17(20)18(21)19-16-13(2)8-6-9-14(16)3/h6,8-9,15,17H,5,7,10-12H2,1-4H3,(H,19,21). The van der Waals surface area contributed by atoms with Crippen molar-refractivity contribution in [3.8, 4) is 0 Å². The Morgan fingerprint density at radius 3 is 2.62 bits per heavy atom. The first-order valence-corrected chi connectivity index (χ1v) is 8.15. The van der Waals surface area contributed by atoms with Crippen LogP contribution >= 0.6 is 0 Å². The molecule has 0 bridgehead atoms. The fourth-order valence-corrected chi connectivity index (χ4v) is 3.44. The predicted octanol–water partition coefficient (Wildman–Crippen LogP) is 3.75. The number of nitrogens with zero attached hydrogens (tertiary/aromatic N) is 1. The lowest BCUT2D eigenvalue weighted by molar-refractivity contribution is -0.124. The van der Waals surface area contributed by atoms with E-state index in [1.54, 1.807) is 0 Å². The van der Waals surface area contributed by atoms with E-state index in [1.807, 2.05) is 6.07 Å². The molecule has 1 N–H and O–H groups in total. The highest BCUT2D eigenvalue weighted by Crippen LogP contribution is 2.26. The molecule has 1 saturated heterocycles. The number of rotatable bonds is 4. The number of piperidine rings is 1. The van der Waals surface area contributed by atoms with E-state index in [1.165, 1.54) is 6.42 Å². The molecule has 21 heavy (non-hydrogen) atoms. The van der Waals surface area contributed by atoms with Gasteiger partial charge in [-0.3, -0.25) is 9.69 Å². The SMILES string of the molecule is CCCN1CCCC(C)C1C(=O)Nc1c(C)cccc1C. The molecule has 0 aliphatic carbocycles. The summed E-state index contributed by atoms with van der Waals surface area (Å²) in [6.07, 6.45) is 3.44. The van der Waals surface area contributed by atoms with Gasteiger partial charge in [0.15, 0.2) is 0 Å². The van der Waals surface area contributed by atoms with Crippen LogP contribution in [0, 0.1) is 19.8 Å². The van der Waals surface area contributed by atoms with Crippen molar-refractivity contribution in [2.75, 3.05) is 18.4 Å². The zero-order valence-corrected chi connectivity index (χ0v) is 13.8. The molecule has 2 rings (SSSR count). The van der Waals surface area contributed by atoms with Crippen molar-refractivity contribution in [3.63, 3.8) is 0 Å². The lowest BCUT2D eigenvalue weighted by Gasteiger charge is -2.39. The van der Waals surface area contributed by atoms with Gasteiger partial charge >= 0.3 is 0 Å². The van der Waals surface area contributed by atoms with Crippen molar-refractivity contribution in [1.82, 2.24) is 4.90 Å². The van der Waals surface area contributed by atoms with Gasteiger partial charge < -0.3 is 5.32 Å². The number of likely N-dealkylation sites (tertiary alicyclic amines) is 1. The fourth-order valence-electron chi connectivity index (χ4n) is 3.44. The summed E-state index contributed by atoms with van der Waals surface area (Å²) >= 11 is 0. The van der Waals surface area contributed by atoms with Crippen LogP contribution in [-0.4, -0.2) is 29.9 Å². The van der Waals surface area contributed by atoms with E-state index >= 15 is 0 Å². The zero-order chi connectivity index (χ0) is 15.4. The molecule has 3 nitrogen and oxygen atoms in total. The van der Waals surface area contributed by atoms with E-state index in [2.05, 4.69) is 50.0 Å². The topological polar surface area (TPSA) is 32.3 Å². The molecule has 1 aromatic rings. The summed E-state index contributed by atoms with van der Waals surface area (Å²) in [6.45, 7) is 10.5. The van der Waals surface area contributed by atoms with E-state index in [4.69, 9.17) is 0 Å². The van der Waals surface area contributed by atoms with Crippen LogP contribution in [0.25, 0.3) is 0 Å². The Hall–Kier alpha value is -1.35. The Kier molecular flexibility index (Phi) is 5.40. The molecule has 1 heterocycles. The maximum Gasteiger partial charge on any atom is 0.242 e. The highest BCUT2D eigenvalue weighted by molar-refractivity contribution is 5.96. The van der Waals surface area contributed by atoms with Crippen LogP contribution in [0.5, 0.6) is 0 Å². The molecular formula is C18H28N2O. The number of hydrogen-bond donors (Lipinski definition) is 1. The molecule has 1 amide bonds. The van der Waals surface area contributed by atoms with Gasteiger partial charge in [-0.15, -0.1) is 0 Å². The number of anilines is 1. The molecule has 0 aromatic heterocycles. The van der Waals surface area contributed by atoms with Crippen LogP contribution < -0.4 is 5.32 Å². The van der Waals surface area contributed by atoms with Crippen molar-refractivity contribution in [3.05, 3.63) is 29.3 Å². The molecular weight excluding hydrogens is 260 g/mol. The minimum absolute atomic E-state index is 0.0118. The Bertz CT molecular complexity index is 476. The summed E-state index contributed by atoms with van der Waals surface area (Å²) in [5, 5.41) is 3.19. The summed E-state index contributed by atoms with van der Waals surface area (Å²) in [4.78, 5) is 15.2. The molecule has 3 heteroatoms. The number of benzene rings is 1. The average Bonchev–Trinajstić information content (AvgIpc) is 2.43.